The van der Waals surface area contributed by atoms with Crippen molar-refractivity contribution in [2.24, 2.45) is 0 Å². The molecule has 1 aliphatic rings. The van der Waals surface area contributed by atoms with Crippen molar-refractivity contribution in [2.75, 3.05) is 19.0 Å². The van der Waals surface area contributed by atoms with Crippen molar-refractivity contribution >= 4 is 21.6 Å². The minimum Gasteiger partial charge on any atom is -0.382 e. The van der Waals surface area contributed by atoms with Crippen LogP contribution in [0.5, 0.6) is 0 Å². The average molecular weight is 341 g/mol. The molecule has 0 aliphatic carbocycles. The van der Waals surface area contributed by atoms with E-state index in [0.717, 1.165) is 4.47 Å². The molecule has 1 aromatic carbocycles. The van der Waals surface area contributed by atoms with E-state index in [-0.39, 0.29) is 0 Å². The van der Waals surface area contributed by atoms with E-state index in [1.54, 1.807) is 7.11 Å². The number of benzene rings is 1. The van der Waals surface area contributed by atoms with Crippen LogP contribution in [0.3, 0.4) is 0 Å². The Bertz CT molecular complexity index is 419. The van der Waals surface area contributed by atoms with Crippen LogP contribution in [0.2, 0.25) is 0 Å². The normalized spacial score (nSPS) is 20.6. The van der Waals surface area contributed by atoms with Gasteiger partial charge in [0.1, 0.15) is 0 Å². The van der Waals surface area contributed by atoms with Gasteiger partial charge in [-0.3, -0.25) is 0 Å². The average Bonchev–Trinajstić information content (AvgIpc) is 2.44. The van der Waals surface area contributed by atoms with E-state index in [1.807, 2.05) is 0 Å². The molecule has 0 radical (unpaired) electrons. The van der Waals surface area contributed by atoms with E-state index in [0.29, 0.717) is 18.7 Å². The fourth-order valence-electron chi connectivity index (χ4n) is 2.86. The highest BCUT2D eigenvalue weighted by molar-refractivity contribution is 9.10. The minimum absolute atomic E-state index is 0.454. The van der Waals surface area contributed by atoms with Crippen LogP contribution in [0.15, 0.2) is 22.7 Å². The van der Waals surface area contributed by atoms with Crippen LogP contribution in [-0.2, 0) is 11.3 Å². The Labute approximate surface area is 130 Å². The molecule has 1 aliphatic heterocycles. The predicted octanol–water partition coefficient (Wildman–Crippen LogP) is 3.93. The summed E-state index contributed by atoms with van der Waals surface area (Å²) < 4.78 is 6.40. The number of anilines is 1. The Hall–Kier alpha value is -0.580. The van der Waals surface area contributed by atoms with Crippen molar-refractivity contribution in [3.8, 4) is 0 Å². The number of ether oxygens (including phenoxy) is 1. The highest BCUT2D eigenvalue weighted by Gasteiger charge is 2.16. The number of hydrogen-bond donors (Lipinski definition) is 2. The van der Waals surface area contributed by atoms with Crippen LogP contribution >= 0.6 is 15.9 Å². The third kappa shape index (κ3) is 4.47. The number of rotatable bonds is 6. The summed E-state index contributed by atoms with van der Waals surface area (Å²) in [5.41, 5.74) is 2.36. The Balaban J connectivity index is 1.96. The summed E-state index contributed by atoms with van der Waals surface area (Å²) in [5.74, 6) is 0. The van der Waals surface area contributed by atoms with Gasteiger partial charge in [-0.25, -0.2) is 0 Å². The molecule has 2 rings (SSSR count). The van der Waals surface area contributed by atoms with Gasteiger partial charge in [0.2, 0.25) is 0 Å². The molecular weight excluding hydrogens is 316 g/mol. The molecule has 1 heterocycles. The second kappa shape index (κ2) is 8.01. The van der Waals surface area contributed by atoms with Gasteiger partial charge in [-0.1, -0.05) is 28.4 Å². The summed E-state index contributed by atoms with van der Waals surface area (Å²) in [4.78, 5) is 0. The Morgan fingerprint density at radius 1 is 1.45 bits per heavy atom. The van der Waals surface area contributed by atoms with Gasteiger partial charge >= 0.3 is 0 Å². The van der Waals surface area contributed by atoms with Crippen molar-refractivity contribution in [3.63, 3.8) is 0 Å². The van der Waals surface area contributed by atoms with Gasteiger partial charge in [-0.05, 0) is 44.9 Å². The third-order valence-electron chi connectivity index (χ3n) is 3.86. The summed E-state index contributed by atoms with van der Waals surface area (Å²) >= 11 is 3.60. The van der Waals surface area contributed by atoms with E-state index >= 15 is 0 Å². The maximum Gasteiger partial charge on any atom is 0.0744 e. The highest BCUT2D eigenvalue weighted by Crippen LogP contribution is 2.26. The SMILES string of the molecule is COCc1c(Br)cccc1NC(C)CC1CCCCN1. The van der Waals surface area contributed by atoms with E-state index in [1.165, 1.54) is 43.5 Å². The Kier molecular flexibility index (Phi) is 6.33. The van der Waals surface area contributed by atoms with Crippen molar-refractivity contribution < 1.29 is 4.74 Å². The molecule has 4 heteroatoms. The fraction of sp³-hybridized carbons (Fsp3) is 0.625. The smallest absolute Gasteiger partial charge is 0.0744 e. The molecule has 0 saturated carbocycles. The molecule has 2 unspecified atom stereocenters. The number of nitrogens with one attached hydrogen (secondary N) is 2. The second-order valence-corrected chi connectivity index (χ2v) is 6.48. The summed E-state index contributed by atoms with van der Waals surface area (Å²) in [5, 5.41) is 7.25. The van der Waals surface area contributed by atoms with Crippen LogP contribution in [-0.4, -0.2) is 25.7 Å². The van der Waals surface area contributed by atoms with Crippen molar-refractivity contribution in [3.05, 3.63) is 28.2 Å². The Morgan fingerprint density at radius 2 is 2.30 bits per heavy atom. The number of hydrogen-bond acceptors (Lipinski definition) is 3. The first-order valence-electron chi connectivity index (χ1n) is 7.47. The maximum absolute atomic E-state index is 5.30. The van der Waals surface area contributed by atoms with Crippen LogP contribution in [0.25, 0.3) is 0 Å². The first kappa shape index (κ1) is 15.8. The van der Waals surface area contributed by atoms with Crippen LogP contribution in [0.4, 0.5) is 5.69 Å². The summed E-state index contributed by atoms with van der Waals surface area (Å²) in [7, 11) is 1.73. The van der Waals surface area contributed by atoms with Crippen LogP contribution < -0.4 is 10.6 Å². The van der Waals surface area contributed by atoms with Crippen molar-refractivity contribution in [1.82, 2.24) is 5.32 Å². The van der Waals surface area contributed by atoms with Crippen LogP contribution in [0.1, 0.15) is 38.2 Å². The molecule has 1 fully saturated rings. The molecule has 2 atom stereocenters. The molecule has 0 spiro atoms. The number of halogens is 1. The van der Waals surface area contributed by atoms with E-state index < -0.39 is 0 Å². The first-order chi connectivity index (χ1) is 9.70. The first-order valence-corrected chi connectivity index (χ1v) is 8.26. The summed E-state index contributed by atoms with van der Waals surface area (Å²) in [6.07, 6.45) is 5.15. The quantitative estimate of drug-likeness (QED) is 0.823. The third-order valence-corrected chi connectivity index (χ3v) is 4.60. The molecule has 2 N–H and O–H groups in total. The molecule has 0 aromatic heterocycles. The molecule has 3 nitrogen and oxygen atoms in total. The van der Waals surface area contributed by atoms with E-state index in [2.05, 4.69) is 51.7 Å². The van der Waals surface area contributed by atoms with E-state index in [9.17, 15) is 0 Å². The lowest BCUT2D eigenvalue weighted by atomic mass is 9.98. The molecule has 112 valence electrons. The summed E-state index contributed by atoms with van der Waals surface area (Å²) in [6.45, 7) is 4.05. The molecule has 20 heavy (non-hydrogen) atoms. The lowest BCUT2D eigenvalue weighted by molar-refractivity contribution is 0.185. The molecule has 0 bridgehead atoms. The fourth-order valence-corrected chi connectivity index (χ4v) is 3.34. The highest BCUT2D eigenvalue weighted by atomic mass is 79.9. The zero-order chi connectivity index (χ0) is 14.4. The van der Waals surface area contributed by atoms with Gasteiger partial charge in [0.15, 0.2) is 0 Å². The molecular formula is C16H25BrN2O. The minimum atomic E-state index is 0.454. The lowest BCUT2D eigenvalue weighted by Crippen LogP contribution is -2.37. The second-order valence-electron chi connectivity index (χ2n) is 5.63. The molecule has 1 saturated heterocycles. The van der Waals surface area contributed by atoms with Gasteiger partial charge in [0, 0.05) is 34.9 Å². The number of piperidine rings is 1. The topological polar surface area (TPSA) is 33.3 Å². The number of methoxy groups -OCH3 is 1. The lowest BCUT2D eigenvalue weighted by Gasteiger charge is -2.27. The van der Waals surface area contributed by atoms with Gasteiger partial charge in [0.05, 0.1) is 6.61 Å². The molecule has 0 amide bonds. The van der Waals surface area contributed by atoms with Gasteiger partial charge in [-0.2, -0.15) is 0 Å². The largest absolute Gasteiger partial charge is 0.382 e. The van der Waals surface area contributed by atoms with E-state index in [4.69, 9.17) is 4.74 Å². The Morgan fingerprint density at radius 3 is 3.00 bits per heavy atom. The summed E-state index contributed by atoms with van der Waals surface area (Å²) in [6, 6.07) is 7.37. The molecule has 1 aromatic rings. The van der Waals surface area contributed by atoms with Crippen LogP contribution in [0, 0.1) is 0 Å². The zero-order valence-corrected chi connectivity index (χ0v) is 14.0. The van der Waals surface area contributed by atoms with Gasteiger partial charge < -0.3 is 15.4 Å². The predicted molar refractivity (Wildman–Crippen MR) is 88.2 cm³/mol. The van der Waals surface area contributed by atoms with Gasteiger partial charge in [0.25, 0.3) is 0 Å². The standard InChI is InChI=1S/C16H25BrN2O/c1-12(10-13-6-3-4-9-18-13)19-16-8-5-7-15(17)14(16)11-20-2/h5,7-8,12-13,18-19H,3-4,6,9-11H2,1-2H3. The maximum atomic E-state index is 5.30. The van der Waals surface area contributed by atoms with Gasteiger partial charge in [-0.15, -0.1) is 0 Å². The zero-order valence-electron chi connectivity index (χ0n) is 12.4. The monoisotopic (exact) mass is 340 g/mol. The van der Waals surface area contributed by atoms with Crippen molar-refractivity contribution in [2.45, 2.75) is 51.3 Å². The van der Waals surface area contributed by atoms with Crippen molar-refractivity contribution in [1.29, 1.82) is 0 Å².